The molecule has 78 valence electrons. The Kier molecular flexibility index (Phi) is 3.24. The fourth-order valence-corrected chi connectivity index (χ4v) is 1.08. The summed E-state index contributed by atoms with van der Waals surface area (Å²) in [5.41, 5.74) is 5.34. The molecule has 1 rings (SSSR count). The van der Waals surface area contributed by atoms with Crippen LogP contribution in [0.1, 0.15) is 5.56 Å². The Hall–Kier alpha value is -1.36. The van der Waals surface area contributed by atoms with Crippen LogP contribution in [0.15, 0.2) is 18.2 Å². The molecule has 1 aromatic carbocycles. The molecule has 0 aliphatic heterocycles. The molecule has 1 atom stereocenters. The lowest BCUT2D eigenvalue weighted by molar-refractivity contribution is 0.115. The lowest BCUT2D eigenvalue weighted by atomic mass is 10.1. The van der Waals surface area contributed by atoms with Crippen molar-refractivity contribution in [2.45, 2.75) is 18.9 Å². The zero-order chi connectivity index (χ0) is 10.7. The van der Waals surface area contributed by atoms with Crippen molar-refractivity contribution in [2.75, 3.05) is 0 Å². The van der Waals surface area contributed by atoms with Crippen LogP contribution in [0.3, 0.4) is 0 Å². The van der Waals surface area contributed by atoms with Crippen molar-refractivity contribution >= 4 is 0 Å². The Morgan fingerprint density at radius 1 is 1.29 bits per heavy atom. The summed E-state index contributed by atoms with van der Waals surface area (Å²) >= 11 is 0. The summed E-state index contributed by atoms with van der Waals surface area (Å²) < 4.78 is 24.2. The monoisotopic (exact) mass is 203 g/mol. The Labute approximate surface area is 79.8 Å². The molecule has 0 fully saturated rings. The van der Waals surface area contributed by atoms with Crippen molar-refractivity contribution < 1.29 is 19.0 Å². The molecule has 5 heteroatoms. The first-order valence-electron chi connectivity index (χ1n) is 4.05. The van der Waals surface area contributed by atoms with Gasteiger partial charge in [0, 0.05) is 0 Å². The number of hydrogen-bond donors (Lipinski definition) is 3. The Bertz CT molecular complexity index is 318. The van der Waals surface area contributed by atoms with Crippen molar-refractivity contribution in [2.24, 2.45) is 5.73 Å². The van der Waals surface area contributed by atoms with Crippen LogP contribution in [0, 0.1) is 0 Å². The van der Waals surface area contributed by atoms with E-state index in [1.54, 1.807) is 0 Å². The molecule has 0 spiro atoms. The smallest absolute Gasteiger partial charge is 0.253 e. The normalized spacial score (nSPS) is 13.1. The molecule has 0 heterocycles. The Balaban J connectivity index is 2.80. The van der Waals surface area contributed by atoms with Crippen molar-refractivity contribution in [3.05, 3.63) is 23.8 Å². The number of aromatic hydroxyl groups is 2. The molecule has 14 heavy (non-hydrogen) atoms. The van der Waals surface area contributed by atoms with Crippen molar-refractivity contribution in [3.8, 4) is 11.5 Å². The van der Waals surface area contributed by atoms with E-state index in [0.29, 0.717) is 0 Å². The van der Waals surface area contributed by atoms with Gasteiger partial charge in [-0.1, -0.05) is 0 Å². The van der Waals surface area contributed by atoms with Crippen LogP contribution in [0.4, 0.5) is 8.78 Å². The number of nitrogens with two attached hydrogens (primary N) is 1. The topological polar surface area (TPSA) is 66.5 Å². The van der Waals surface area contributed by atoms with E-state index < -0.39 is 12.5 Å². The molecule has 0 radical (unpaired) electrons. The van der Waals surface area contributed by atoms with Crippen LogP contribution in [-0.2, 0) is 6.42 Å². The molecule has 0 saturated heterocycles. The zero-order valence-electron chi connectivity index (χ0n) is 7.32. The van der Waals surface area contributed by atoms with E-state index in [4.69, 9.17) is 10.8 Å². The lowest BCUT2D eigenvalue weighted by Gasteiger charge is -2.11. The maximum absolute atomic E-state index is 12.1. The molecule has 3 nitrogen and oxygen atoms in total. The van der Waals surface area contributed by atoms with Gasteiger partial charge in [0.25, 0.3) is 6.43 Å². The summed E-state index contributed by atoms with van der Waals surface area (Å²) in [5.74, 6) is -0.224. The maximum atomic E-state index is 12.1. The van der Waals surface area contributed by atoms with E-state index in [9.17, 15) is 13.9 Å². The first kappa shape index (κ1) is 10.7. The number of halogens is 2. The molecule has 1 aromatic rings. The third-order valence-electron chi connectivity index (χ3n) is 1.84. The van der Waals surface area contributed by atoms with E-state index >= 15 is 0 Å². The highest BCUT2D eigenvalue weighted by Crippen LogP contribution is 2.23. The van der Waals surface area contributed by atoms with E-state index in [2.05, 4.69) is 0 Å². The second-order valence-electron chi connectivity index (χ2n) is 3.02. The second-order valence-corrected chi connectivity index (χ2v) is 3.02. The number of rotatable bonds is 3. The van der Waals surface area contributed by atoms with Crippen LogP contribution in [0.5, 0.6) is 11.5 Å². The molecule has 0 aliphatic rings. The fourth-order valence-electron chi connectivity index (χ4n) is 1.08. The number of phenolic OH excluding ortho intramolecular Hbond substituents is 2. The standard InChI is InChI=1S/C9H11F2NO2/c10-9(11)7(12)4-5-3-6(13)1-2-8(5)14/h1-3,7,9,13-14H,4,12H2. The van der Waals surface area contributed by atoms with Crippen LogP contribution in [-0.4, -0.2) is 22.7 Å². The average molecular weight is 203 g/mol. The van der Waals surface area contributed by atoms with Gasteiger partial charge in [0.2, 0.25) is 0 Å². The molecule has 0 aromatic heterocycles. The summed E-state index contributed by atoms with van der Waals surface area (Å²) in [5, 5.41) is 18.3. The largest absolute Gasteiger partial charge is 0.508 e. The van der Waals surface area contributed by atoms with Gasteiger partial charge >= 0.3 is 0 Å². The predicted octanol–water partition coefficient (Wildman–Crippen LogP) is 1.23. The molecular weight excluding hydrogens is 192 g/mol. The number of phenols is 2. The molecule has 0 aliphatic carbocycles. The first-order chi connectivity index (χ1) is 6.50. The van der Waals surface area contributed by atoms with Crippen molar-refractivity contribution in [1.29, 1.82) is 0 Å². The molecule has 4 N–H and O–H groups in total. The van der Waals surface area contributed by atoms with Crippen LogP contribution >= 0.6 is 0 Å². The van der Waals surface area contributed by atoms with Gasteiger partial charge in [-0.25, -0.2) is 8.78 Å². The van der Waals surface area contributed by atoms with E-state index in [0.717, 1.165) is 0 Å². The van der Waals surface area contributed by atoms with Crippen molar-refractivity contribution in [1.82, 2.24) is 0 Å². The Morgan fingerprint density at radius 2 is 1.93 bits per heavy atom. The third-order valence-corrected chi connectivity index (χ3v) is 1.84. The minimum Gasteiger partial charge on any atom is -0.508 e. The van der Waals surface area contributed by atoms with Gasteiger partial charge in [0.1, 0.15) is 11.5 Å². The molecular formula is C9H11F2NO2. The SMILES string of the molecule is NC(Cc1cc(O)ccc1O)C(F)F. The van der Waals surface area contributed by atoms with Crippen LogP contribution < -0.4 is 5.73 Å². The lowest BCUT2D eigenvalue weighted by Crippen LogP contribution is -2.30. The van der Waals surface area contributed by atoms with Crippen LogP contribution in [0.25, 0.3) is 0 Å². The van der Waals surface area contributed by atoms with Gasteiger partial charge in [-0.2, -0.15) is 0 Å². The summed E-state index contributed by atoms with van der Waals surface area (Å²) in [4.78, 5) is 0. The molecule has 0 saturated carbocycles. The van der Waals surface area contributed by atoms with E-state index in [1.165, 1.54) is 18.2 Å². The van der Waals surface area contributed by atoms with Gasteiger partial charge in [-0.15, -0.1) is 0 Å². The van der Waals surface area contributed by atoms with Gasteiger partial charge < -0.3 is 15.9 Å². The predicted molar refractivity (Wildman–Crippen MR) is 47.5 cm³/mol. The van der Waals surface area contributed by atoms with Gasteiger partial charge in [-0.3, -0.25) is 0 Å². The number of benzene rings is 1. The summed E-state index contributed by atoms with van der Waals surface area (Å²) in [7, 11) is 0. The number of alkyl halides is 2. The number of hydrogen-bond acceptors (Lipinski definition) is 3. The minimum absolute atomic E-state index is 0.0840. The quantitative estimate of drug-likeness (QED) is 0.647. The van der Waals surface area contributed by atoms with Gasteiger partial charge in [-0.05, 0) is 30.2 Å². The highest BCUT2D eigenvalue weighted by atomic mass is 19.3. The maximum Gasteiger partial charge on any atom is 0.253 e. The third kappa shape index (κ3) is 2.56. The minimum atomic E-state index is -2.64. The van der Waals surface area contributed by atoms with E-state index in [1.807, 2.05) is 0 Å². The molecule has 1 unspecified atom stereocenters. The van der Waals surface area contributed by atoms with Crippen LogP contribution in [0.2, 0.25) is 0 Å². The summed E-state index contributed by atoms with van der Waals surface area (Å²) in [6.07, 6.45) is -2.81. The summed E-state index contributed by atoms with van der Waals surface area (Å²) in [6.45, 7) is 0. The van der Waals surface area contributed by atoms with Gasteiger partial charge in [0.15, 0.2) is 0 Å². The summed E-state index contributed by atoms with van der Waals surface area (Å²) in [6, 6.07) is 2.40. The average Bonchev–Trinajstić information content (AvgIpc) is 2.11. The Morgan fingerprint density at radius 3 is 2.50 bits per heavy atom. The highest BCUT2D eigenvalue weighted by Gasteiger charge is 2.17. The second kappa shape index (κ2) is 4.23. The fraction of sp³-hybridized carbons (Fsp3) is 0.333. The zero-order valence-corrected chi connectivity index (χ0v) is 7.32. The highest BCUT2D eigenvalue weighted by molar-refractivity contribution is 5.39. The van der Waals surface area contributed by atoms with Crippen molar-refractivity contribution in [3.63, 3.8) is 0 Å². The van der Waals surface area contributed by atoms with Gasteiger partial charge in [0.05, 0.1) is 6.04 Å². The molecule has 0 bridgehead atoms. The van der Waals surface area contributed by atoms with E-state index in [-0.39, 0.29) is 23.5 Å². The first-order valence-corrected chi connectivity index (χ1v) is 4.05. The molecule has 0 amide bonds.